The van der Waals surface area contributed by atoms with Crippen LogP contribution in [-0.4, -0.2) is 74.5 Å². The van der Waals surface area contributed by atoms with Crippen LogP contribution < -0.4 is 20.4 Å². The molecule has 3 aromatic carbocycles. The standard InChI is InChI=1S/C36H42N6O5S/c1-24(44)41(33-18-37-23-38-33)20-27-8-4-5-9-29(27)26-14-12-25(13-15-26)19-42-31-10-6-7-11-32(31)48-22-30(35(42)47)40-34(46)16-36(2,3)39-17-28(45)21-43/h4-15,18,23,28,30,39,43,45H,16-17,19-22H2,1-3H3,(H,37,38)(H,40,46)/t28-,30+/m0/s1. The number of carbonyl (C=O) groups excluding carboxylic acids is 3. The number of aromatic nitrogens is 2. The largest absolute Gasteiger partial charge is 0.394 e. The molecule has 252 valence electrons. The Morgan fingerprint density at radius 2 is 1.83 bits per heavy atom. The van der Waals surface area contributed by atoms with Crippen molar-refractivity contribution in [3.8, 4) is 11.1 Å². The van der Waals surface area contributed by atoms with Gasteiger partial charge in [0.15, 0.2) is 0 Å². The van der Waals surface area contributed by atoms with Crippen LogP contribution in [0.15, 0.2) is 90.2 Å². The van der Waals surface area contributed by atoms with Gasteiger partial charge in [-0.3, -0.25) is 19.3 Å². The van der Waals surface area contributed by atoms with Crippen molar-refractivity contribution >= 4 is 41.0 Å². The lowest BCUT2D eigenvalue weighted by Crippen LogP contribution is -2.52. The Bertz CT molecular complexity index is 1710. The zero-order valence-electron chi connectivity index (χ0n) is 27.3. The number of imidazole rings is 1. The van der Waals surface area contributed by atoms with Gasteiger partial charge in [0.1, 0.15) is 11.9 Å². The number of β-amino-alcohol motifs (C(OH)–C–C–N with tert-alkyl or cyclic N) is 1. The summed E-state index contributed by atoms with van der Waals surface area (Å²) in [6.07, 6.45) is 2.33. The summed E-state index contributed by atoms with van der Waals surface area (Å²) in [5.74, 6) is 0.439. The molecule has 1 aromatic heterocycles. The number of aromatic amines is 1. The molecule has 0 fully saturated rings. The average Bonchev–Trinajstić information content (AvgIpc) is 3.58. The molecule has 2 atom stereocenters. The van der Waals surface area contributed by atoms with Gasteiger partial charge >= 0.3 is 0 Å². The number of para-hydroxylation sites is 1. The molecule has 5 rings (SSSR count). The summed E-state index contributed by atoms with van der Waals surface area (Å²) in [7, 11) is 0. The van der Waals surface area contributed by atoms with Gasteiger partial charge in [-0.15, -0.1) is 11.8 Å². The molecule has 1 aliphatic heterocycles. The number of nitrogens with zero attached hydrogens (tertiary/aromatic N) is 3. The topological polar surface area (TPSA) is 151 Å². The van der Waals surface area contributed by atoms with Crippen LogP contribution in [-0.2, 0) is 27.5 Å². The van der Waals surface area contributed by atoms with E-state index < -0.39 is 17.7 Å². The van der Waals surface area contributed by atoms with Crippen molar-refractivity contribution in [2.24, 2.45) is 0 Å². The zero-order chi connectivity index (χ0) is 34.3. The van der Waals surface area contributed by atoms with Crippen LogP contribution in [0.2, 0.25) is 0 Å². The molecule has 0 saturated heterocycles. The van der Waals surface area contributed by atoms with Crippen LogP contribution >= 0.6 is 11.8 Å². The number of nitrogens with one attached hydrogen (secondary N) is 3. The molecule has 0 aliphatic carbocycles. The lowest BCUT2D eigenvalue weighted by molar-refractivity contribution is -0.128. The predicted octanol–water partition coefficient (Wildman–Crippen LogP) is 3.87. The summed E-state index contributed by atoms with van der Waals surface area (Å²) in [5.41, 5.74) is 4.01. The number of anilines is 2. The van der Waals surface area contributed by atoms with E-state index in [4.69, 9.17) is 5.11 Å². The highest BCUT2D eigenvalue weighted by molar-refractivity contribution is 7.99. The molecular formula is C36H42N6O5S. The number of fused-ring (bicyclic) bond motifs is 1. The first-order valence-corrected chi connectivity index (χ1v) is 16.8. The van der Waals surface area contributed by atoms with Gasteiger partial charge in [-0.1, -0.05) is 60.7 Å². The van der Waals surface area contributed by atoms with Crippen molar-refractivity contribution in [3.05, 3.63) is 96.4 Å². The highest BCUT2D eigenvalue weighted by atomic mass is 32.2. The first-order chi connectivity index (χ1) is 23.0. The van der Waals surface area contributed by atoms with E-state index in [1.807, 2.05) is 86.6 Å². The van der Waals surface area contributed by atoms with Gasteiger partial charge in [-0.05, 0) is 48.2 Å². The van der Waals surface area contributed by atoms with E-state index in [9.17, 15) is 19.5 Å². The highest BCUT2D eigenvalue weighted by Crippen LogP contribution is 2.35. The fourth-order valence-corrected chi connectivity index (χ4v) is 6.71. The lowest BCUT2D eigenvalue weighted by atomic mass is 9.98. The van der Waals surface area contributed by atoms with Crippen LogP contribution in [0.5, 0.6) is 0 Å². The molecule has 2 heterocycles. The molecule has 5 N–H and O–H groups in total. The van der Waals surface area contributed by atoms with Gasteiger partial charge < -0.3 is 30.7 Å². The van der Waals surface area contributed by atoms with E-state index >= 15 is 0 Å². The Labute approximate surface area is 284 Å². The minimum absolute atomic E-state index is 0.0849. The molecule has 48 heavy (non-hydrogen) atoms. The van der Waals surface area contributed by atoms with E-state index in [1.165, 1.54) is 18.7 Å². The fraction of sp³-hybridized carbons (Fsp3) is 0.333. The highest BCUT2D eigenvalue weighted by Gasteiger charge is 2.33. The molecule has 0 spiro atoms. The first-order valence-electron chi connectivity index (χ1n) is 15.8. The Kier molecular flexibility index (Phi) is 11.3. The van der Waals surface area contributed by atoms with Gasteiger partial charge in [0, 0.05) is 36.1 Å². The maximum absolute atomic E-state index is 14.0. The van der Waals surface area contributed by atoms with Crippen LogP contribution in [0.25, 0.3) is 11.1 Å². The Morgan fingerprint density at radius 3 is 2.54 bits per heavy atom. The molecule has 4 aromatic rings. The second kappa shape index (κ2) is 15.6. The van der Waals surface area contributed by atoms with Gasteiger partial charge in [0.2, 0.25) is 11.8 Å². The van der Waals surface area contributed by atoms with Gasteiger partial charge in [0.05, 0.1) is 44.0 Å². The number of H-pyrrole nitrogens is 1. The predicted molar refractivity (Wildman–Crippen MR) is 187 cm³/mol. The smallest absolute Gasteiger partial charge is 0.250 e. The third-order valence-corrected chi connectivity index (χ3v) is 9.35. The number of hydrogen-bond donors (Lipinski definition) is 5. The van der Waals surface area contributed by atoms with Crippen molar-refractivity contribution in [2.75, 3.05) is 28.7 Å². The van der Waals surface area contributed by atoms with E-state index in [0.717, 1.165) is 32.8 Å². The van der Waals surface area contributed by atoms with Crippen LogP contribution in [0.4, 0.5) is 11.5 Å². The van der Waals surface area contributed by atoms with Crippen LogP contribution in [0.3, 0.4) is 0 Å². The number of carbonyl (C=O) groups is 3. The van der Waals surface area contributed by atoms with Gasteiger partial charge in [0.25, 0.3) is 5.91 Å². The van der Waals surface area contributed by atoms with Crippen molar-refractivity contribution in [2.45, 2.75) is 62.9 Å². The Balaban J connectivity index is 1.32. The number of aliphatic hydroxyl groups is 2. The number of thioether (sulfide) groups is 1. The summed E-state index contributed by atoms with van der Waals surface area (Å²) in [4.78, 5) is 51.1. The molecule has 0 unspecified atom stereocenters. The van der Waals surface area contributed by atoms with E-state index in [-0.39, 0.29) is 37.3 Å². The van der Waals surface area contributed by atoms with Crippen LogP contribution in [0.1, 0.15) is 38.3 Å². The fourth-order valence-electron chi connectivity index (χ4n) is 5.63. The molecule has 0 bridgehead atoms. The summed E-state index contributed by atoms with van der Waals surface area (Å²) in [6.45, 7) is 5.66. The maximum atomic E-state index is 14.0. The normalized spacial score (nSPS) is 15.4. The zero-order valence-corrected chi connectivity index (χ0v) is 28.2. The third-order valence-electron chi connectivity index (χ3n) is 8.20. The Hall–Kier alpha value is -4.49. The summed E-state index contributed by atoms with van der Waals surface area (Å²) in [6, 6.07) is 23.0. The minimum Gasteiger partial charge on any atom is -0.394 e. The van der Waals surface area contributed by atoms with Gasteiger partial charge in [-0.25, -0.2) is 4.98 Å². The van der Waals surface area contributed by atoms with Gasteiger partial charge in [-0.2, -0.15) is 0 Å². The molecule has 0 saturated carbocycles. The second-order valence-corrected chi connectivity index (χ2v) is 13.6. The SMILES string of the molecule is CC(=O)N(Cc1ccccc1-c1ccc(CN2C(=O)[C@H](NC(=O)CC(C)(C)NC[C@H](O)CO)CSc3ccccc32)cc1)c1cnc[nH]1. The number of rotatable bonds is 13. The van der Waals surface area contributed by atoms with E-state index in [1.54, 1.807) is 22.3 Å². The average molecular weight is 671 g/mol. The van der Waals surface area contributed by atoms with E-state index in [2.05, 4.69) is 20.6 Å². The maximum Gasteiger partial charge on any atom is 0.250 e. The monoisotopic (exact) mass is 670 g/mol. The molecule has 3 amide bonds. The molecule has 0 radical (unpaired) electrons. The summed E-state index contributed by atoms with van der Waals surface area (Å²) >= 11 is 1.53. The third kappa shape index (κ3) is 8.70. The first kappa shape index (κ1) is 34.8. The number of amides is 3. The van der Waals surface area contributed by atoms with Crippen molar-refractivity contribution in [1.82, 2.24) is 20.6 Å². The quantitative estimate of drug-likeness (QED) is 0.144. The lowest BCUT2D eigenvalue weighted by Gasteiger charge is -2.29. The number of hydrogen-bond acceptors (Lipinski definition) is 8. The Morgan fingerprint density at radius 1 is 1.10 bits per heavy atom. The minimum atomic E-state index is -0.923. The van der Waals surface area contributed by atoms with E-state index in [0.29, 0.717) is 24.7 Å². The summed E-state index contributed by atoms with van der Waals surface area (Å²) < 4.78 is 0. The summed E-state index contributed by atoms with van der Waals surface area (Å²) in [5, 5.41) is 24.9. The molecule has 11 nitrogen and oxygen atoms in total. The number of benzene rings is 3. The van der Waals surface area contributed by atoms with Crippen molar-refractivity contribution < 1.29 is 24.6 Å². The van der Waals surface area contributed by atoms with Crippen molar-refractivity contribution in [3.63, 3.8) is 0 Å². The molecule has 12 heteroatoms. The second-order valence-electron chi connectivity index (χ2n) is 12.5. The molecule has 1 aliphatic rings. The number of aliphatic hydroxyl groups excluding tert-OH is 2. The molecular weight excluding hydrogens is 628 g/mol. The van der Waals surface area contributed by atoms with Crippen molar-refractivity contribution in [1.29, 1.82) is 0 Å². The van der Waals surface area contributed by atoms with Crippen LogP contribution in [0, 0.1) is 0 Å².